The van der Waals surface area contributed by atoms with Gasteiger partial charge in [0.05, 0.1) is 17.6 Å². The van der Waals surface area contributed by atoms with Gasteiger partial charge in [0.2, 0.25) is 0 Å². The lowest BCUT2D eigenvalue weighted by Crippen LogP contribution is -2.45. The molecule has 144 valence electrons. The average molecular weight is 380 g/mol. The Morgan fingerprint density at radius 1 is 0.793 bits per heavy atom. The molecule has 3 aromatic carbocycles. The second kappa shape index (κ2) is 7.69. The Morgan fingerprint density at radius 2 is 1.31 bits per heavy atom. The zero-order chi connectivity index (χ0) is 19.5. The van der Waals surface area contributed by atoms with Gasteiger partial charge in [-0.15, -0.1) is 0 Å². The highest BCUT2D eigenvalue weighted by Crippen LogP contribution is 2.47. The lowest BCUT2D eigenvalue weighted by atomic mass is 9.77. The summed E-state index contributed by atoms with van der Waals surface area (Å²) >= 11 is 0. The first-order valence-electron chi connectivity index (χ1n) is 10.3. The van der Waals surface area contributed by atoms with Crippen LogP contribution < -0.4 is 5.32 Å². The van der Waals surface area contributed by atoms with Crippen LogP contribution in [0.2, 0.25) is 0 Å². The van der Waals surface area contributed by atoms with Gasteiger partial charge in [0.15, 0.2) is 0 Å². The summed E-state index contributed by atoms with van der Waals surface area (Å²) in [7, 11) is 0. The van der Waals surface area contributed by atoms with Gasteiger partial charge in [-0.3, -0.25) is 5.32 Å². The van der Waals surface area contributed by atoms with Crippen molar-refractivity contribution in [2.75, 3.05) is 6.54 Å². The molecule has 1 aliphatic carbocycles. The van der Waals surface area contributed by atoms with Crippen LogP contribution >= 0.6 is 0 Å². The predicted molar refractivity (Wildman–Crippen MR) is 117 cm³/mol. The van der Waals surface area contributed by atoms with Crippen LogP contribution in [0.5, 0.6) is 0 Å². The van der Waals surface area contributed by atoms with Gasteiger partial charge < -0.3 is 4.98 Å². The lowest BCUT2D eigenvalue weighted by Gasteiger charge is -2.37. The van der Waals surface area contributed by atoms with E-state index in [0.29, 0.717) is 11.8 Å². The first-order chi connectivity index (χ1) is 14.4. The third kappa shape index (κ3) is 3.39. The summed E-state index contributed by atoms with van der Waals surface area (Å²) in [4.78, 5) is 7.55. The molecule has 0 unspecified atom stereocenters. The maximum absolute atomic E-state index is 4.46. The molecule has 4 aromatic rings. The summed E-state index contributed by atoms with van der Waals surface area (Å²) in [6, 6.07) is 32.4. The van der Waals surface area contributed by atoms with Crippen LogP contribution in [0.1, 0.15) is 34.7 Å². The number of hydrogen-bond acceptors (Lipinski definition) is 2. The van der Waals surface area contributed by atoms with Crippen molar-refractivity contribution in [3.63, 3.8) is 0 Å². The molecule has 1 heterocycles. The van der Waals surface area contributed by atoms with Crippen molar-refractivity contribution in [3.8, 4) is 0 Å². The van der Waals surface area contributed by atoms with Crippen LogP contribution in [0.25, 0.3) is 0 Å². The highest BCUT2D eigenvalue weighted by Gasteiger charge is 2.43. The van der Waals surface area contributed by atoms with E-state index in [2.05, 4.69) is 106 Å². The molecule has 29 heavy (non-hydrogen) atoms. The minimum atomic E-state index is -0.386. The number of nitrogens with zero attached hydrogens (tertiary/aromatic N) is 1. The predicted octanol–water partition coefficient (Wildman–Crippen LogP) is 5.09. The molecular formula is C26H25N3. The van der Waals surface area contributed by atoms with Crippen molar-refractivity contribution in [1.29, 1.82) is 0 Å². The van der Waals surface area contributed by atoms with Crippen molar-refractivity contribution in [3.05, 3.63) is 126 Å². The maximum Gasteiger partial charge on any atom is 0.0948 e. The number of H-pyrrole nitrogens is 1. The number of nitrogens with one attached hydrogen (secondary N) is 2. The quantitative estimate of drug-likeness (QED) is 0.439. The van der Waals surface area contributed by atoms with E-state index in [1.807, 2.05) is 6.20 Å². The molecule has 2 atom stereocenters. The van der Waals surface area contributed by atoms with Crippen molar-refractivity contribution in [2.45, 2.75) is 17.9 Å². The number of imidazole rings is 1. The summed E-state index contributed by atoms with van der Waals surface area (Å²) in [5.41, 5.74) is 4.57. The Hall–Kier alpha value is -3.17. The van der Waals surface area contributed by atoms with E-state index in [4.69, 9.17) is 0 Å². The van der Waals surface area contributed by atoms with Gasteiger partial charge in [-0.2, -0.15) is 0 Å². The Morgan fingerprint density at radius 3 is 1.76 bits per heavy atom. The van der Waals surface area contributed by atoms with Crippen LogP contribution in [-0.2, 0) is 5.54 Å². The number of hydrogen-bond donors (Lipinski definition) is 2. The Labute approximate surface area is 171 Å². The number of aromatic amines is 1. The molecule has 5 rings (SSSR count). The van der Waals surface area contributed by atoms with Gasteiger partial charge in [-0.1, -0.05) is 91.0 Å². The molecule has 0 saturated heterocycles. The molecule has 3 heteroatoms. The molecule has 0 amide bonds. The molecule has 1 aromatic heterocycles. The Kier molecular flexibility index (Phi) is 4.74. The zero-order valence-corrected chi connectivity index (χ0v) is 16.3. The summed E-state index contributed by atoms with van der Waals surface area (Å²) in [5.74, 6) is 1.16. The topological polar surface area (TPSA) is 40.7 Å². The van der Waals surface area contributed by atoms with Gasteiger partial charge in [-0.05, 0) is 29.0 Å². The van der Waals surface area contributed by atoms with Crippen LogP contribution in [0.4, 0.5) is 0 Å². The molecule has 1 aliphatic rings. The Balaban J connectivity index is 1.55. The smallest absolute Gasteiger partial charge is 0.0948 e. The highest BCUT2D eigenvalue weighted by atomic mass is 15.0. The van der Waals surface area contributed by atoms with Gasteiger partial charge in [0.1, 0.15) is 0 Å². The molecular weight excluding hydrogens is 354 g/mol. The first-order valence-corrected chi connectivity index (χ1v) is 10.3. The molecule has 1 fully saturated rings. The summed E-state index contributed by atoms with van der Waals surface area (Å²) in [6.07, 6.45) is 5.00. The SMILES string of the molecule is c1ccc(C(NC[C@@H]2C[C@H]2c2c[nH]cn2)(c2ccccc2)c2ccccc2)cc1. The van der Waals surface area contributed by atoms with Gasteiger partial charge in [0.25, 0.3) is 0 Å². The number of rotatable bonds is 7. The number of benzene rings is 3. The number of aromatic nitrogens is 2. The maximum atomic E-state index is 4.46. The van der Waals surface area contributed by atoms with Gasteiger partial charge in [0, 0.05) is 18.7 Å². The molecule has 2 N–H and O–H groups in total. The average Bonchev–Trinajstić information content (AvgIpc) is 3.37. The molecule has 1 saturated carbocycles. The van der Waals surface area contributed by atoms with E-state index in [1.165, 1.54) is 28.8 Å². The molecule has 0 bridgehead atoms. The van der Waals surface area contributed by atoms with E-state index in [0.717, 1.165) is 6.54 Å². The van der Waals surface area contributed by atoms with Crippen LogP contribution in [0.3, 0.4) is 0 Å². The fourth-order valence-electron chi connectivity index (χ4n) is 4.46. The standard InChI is InChI=1S/C26H25N3/c1-4-10-21(11-5-1)26(22-12-6-2-7-13-22,23-14-8-3-9-15-23)29-17-20-16-24(20)25-18-27-19-28-25/h1-15,18-20,24,29H,16-17H2,(H,27,28)/t20-,24+/m0/s1. The summed E-state index contributed by atoms with van der Waals surface area (Å²) in [6.45, 7) is 0.941. The second-order valence-electron chi connectivity index (χ2n) is 7.83. The van der Waals surface area contributed by atoms with E-state index in [1.54, 1.807) is 6.33 Å². The van der Waals surface area contributed by atoms with Crippen molar-refractivity contribution < 1.29 is 0 Å². The summed E-state index contributed by atoms with van der Waals surface area (Å²) < 4.78 is 0. The largest absolute Gasteiger partial charge is 0.351 e. The van der Waals surface area contributed by atoms with Crippen LogP contribution in [0, 0.1) is 5.92 Å². The van der Waals surface area contributed by atoms with Gasteiger partial charge in [-0.25, -0.2) is 4.98 Å². The first kappa shape index (κ1) is 17.9. The zero-order valence-electron chi connectivity index (χ0n) is 16.3. The minimum absolute atomic E-state index is 0.386. The van der Waals surface area contributed by atoms with Crippen LogP contribution in [0.15, 0.2) is 104 Å². The Bertz CT molecular complexity index is 931. The minimum Gasteiger partial charge on any atom is -0.351 e. The van der Waals surface area contributed by atoms with E-state index >= 15 is 0 Å². The normalized spacial score (nSPS) is 18.5. The summed E-state index contributed by atoms with van der Waals surface area (Å²) in [5, 5.41) is 4.00. The second-order valence-corrected chi connectivity index (χ2v) is 7.83. The van der Waals surface area contributed by atoms with Crippen LogP contribution in [-0.4, -0.2) is 16.5 Å². The fraction of sp³-hybridized carbons (Fsp3) is 0.192. The monoisotopic (exact) mass is 379 g/mol. The fourth-order valence-corrected chi connectivity index (χ4v) is 4.46. The molecule has 0 aliphatic heterocycles. The van der Waals surface area contributed by atoms with E-state index in [-0.39, 0.29) is 5.54 Å². The third-order valence-electron chi connectivity index (χ3n) is 6.07. The van der Waals surface area contributed by atoms with E-state index in [9.17, 15) is 0 Å². The molecule has 0 radical (unpaired) electrons. The van der Waals surface area contributed by atoms with Crippen molar-refractivity contribution in [2.24, 2.45) is 5.92 Å². The third-order valence-corrected chi connectivity index (χ3v) is 6.07. The van der Waals surface area contributed by atoms with Crippen molar-refractivity contribution >= 4 is 0 Å². The van der Waals surface area contributed by atoms with Crippen molar-refractivity contribution in [1.82, 2.24) is 15.3 Å². The highest BCUT2D eigenvalue weighted by molar-refractivity contribution is 5.49. The van der Waals surface area contributed by atoms with E-state index < -0.39 is 0 Å². The van der Waals surface area contributed by atoms with Gasteiger partial charge >= 0.3 is 0 Å². The molecule has 0 spiro atoms. The lowest BCUT2D eigenvalue weighted by molar-refractivity contribution is 0.455. The molecule has 3 nitrogen and oxygen atoms in total.